The number of benzene rings is 3. The van der Waals surface area contributed by atoms with Gasteiger partial charge in [0.25, 0.3) is 0 Å². The second-order valence-corrected chi connectivity index (χ2v) is 9.51. The highest BCUT2D eigenvalue weighted by Gasteiger charge is 2.23. The number of hydrogen-bond donors (Lipinski definition) is 2. The summed E-state index contributed by atoms with van der Waals surface area (Å²) in [5.74, 6) is -0.657. The molecule has 3 rings (SSSR count). The van der Waals surface area contributed by atoms with Gasteiger partial charge < -0.3 is 10.8 Å². The number of aliphatic hydroxyl groups excluding tert-OH is 1. The highest BCUT2D eigenvalue weighted by Crippen LogP contribution is 2.33. The fourth-order valence-electron chi connectivity index (χ4n) is 2.95. The summed E-state index contributed by atoms with van der Waals surface area (Å²) in [5.41, 5.74) is 7.64. The van der Waals surface area contributed by atoms with E-state index in [1.165, 1.54) is 30.3 Å². The van der Waals surface area contributed by atoms with Crippen molar-refractivity contribution in [2.24, 2.45) is 5.73 Å². The van der Waals surface area contributed by atoms with Crippen LogP contribution in [0.3, 0.4) is 0 Å². The summed E-state index contributed by atoms with van der Waals surface area (Å²) >= 11 is 11.9. The van der Waals surface area contributed by atoms with Crippen LogP contribution in [-0.2, 0) is 9.84 Å². The van der Waals surface area contributed by atoms with Crippen molar-refractivity contribution < 1.29 is 17.9 Å². The summed E-state index contributed by atoms with van der Waals surface area (Å²) in [6.45, 7) is 0. The van der Waals surface area contributed by atoms with Gasteiger partial charge in [-0.05, 0) is 47.0 Å². The molecule has 0 aromatic heterocycles. The van der Waals surface area contributed by atoms with E-state index in [1.54, 1.807) is 30.3 Å². The van der Waals surface area contributed by atoms with Crippen molar-refractivity contribution in [1.82, 2.24) is 0 Å². The van der Waals surface area contributed by atoms with Crippen LogP contribution in [0.25, 0.3) is 11.1 Å². The van der Waals surface area contributed by atoms with Crippen molar-refractivity contribution in [1.29, 1.82) is 0 Å². The van der Waals surface area contributed by atoms with E-state index in [2.05, 4.69) is 0 Å². The lowest BCUT2D eigenvalue weighted by molar-refractivity contribution is 0.142. The van der Waals surface area contributed by atoms with Gasteiger partial charge >= 0.3 is 0 Å². The molecule has 0 spiro atoms. The topological polar surface area (TPSA) is 80.4 Å². The number of nitrogens with two attached hydrogens (primary N) is 1. The summed E-state index contributed by atoms with van der Waals surface area (Å²) in [5, 5.41) is 11.2. The Morgan fingerprint density at radius 1 is 0.967 bits per heavy atom. The first-order chi connectivity index (χ1) is 13.6. The predicted octanol–water partition coefficient (Wildman–Crippen LogP) is 5.36. The highest BCUT2D eigenvalue weighted by molar-refractivity contribution is 7.90. The lowest BCUT2D eigenvalue weighted by Gasteiger charge is -2.21. The maximum Gasteiger partial charge on any atom is 0.175 e. The minimum Gasteiger partial charge on any atom is -0.386 e. The Kier molecular flexibility index (Phi) is 7.91. The standard InChI is InChI=1S/C21H18Cl2FNO3S.ClH/c1-29(27,28)15-4-2-3-12(9-15)13-5-7-16(19(24)11-13)21(26)20(25)14-6-8-17(22)18(23)10-14;/h2-11,20-21,26H,25H2,1H3;1H/t20-,21+;/m1./s1. The lowest BCUT2D eigenvalue weighted by Crippen LogP contribution is -2.20. The Morgan fingerprint density at radius 3 is 2.23 bits per heavy atom. The molecule has 9 heteroatoms. The van der Waals surface area contributed by atoms with Crippen LogP contribution < -0.4 is 5.73 Å². The van der Waals surface area contributed by atoms with Crippen molar-refractivity contribution in [3.63, 3.8) is 0 Å². The Morgan fingerprint density at radius 2 is 1.63 bits per heavy atom. The zero-order valence-corrected chi connectivity index (χ0v) is 18.9. The molecular weight excluding hydrogens is 472 g/mol. The smallest absolute Gasteiger partial charge is 0.175 e. The van der Waals surface area contributed by atoms with Crippen LogP contribution in [0, 0.1) is 5.82 Å². The molecule has 0 saturated carbocycles. The largest absolute Gasteiger partial charge is 0.386 e. The van der Waals surface area contributed by atoms with E-state index in [0.717, 1.165) is 6.26 Å². The molecule has 0 amide bonds. The summed E-state index contributed by atoms with van der Waals surface area (Å²) in [6.07, 6.45) is -0.208. The summed E-state index contributed by atoms with van der Waals surface area (Å²) in [4.78, 5) is 0.140. The number of hydrogen-bond acceptors (Lipinski definition) is 4. The summed E-state index contributed by atoms with van der Waals surface area (Å²) < 4.78 is 38.2. The summed E-state index contributed by atoms with van der Waals surface area (Å²) in [7, 11) is -3.38. The van der Waals surface area contributed by atoms with Crippen molar-refractivity contribution >= 4 is 45.4 Å². The zero-order valence-electron chi connectivity index (χ0n) is 15.7. The fourth-order valence-corrected chi connectivity index (χ4v) is 3.92. The van der Waals surface area contributed by atoms with Crippen LogP contribution in [0.4, 0.5) is 4.39 Å². The maximum absolute atomic E-state index is 14.8. The average molecular weight is 491 g/mol. The van der Waals surface area contributed by atoms with E-state index in [9.17, 15) is 17.9 Å². The first-order valence-electron chi connectivity index (χ1n) is 8.56. The molecule has 0 fully saturated rings. The fraction of sp³-hybridized carbons (Fsp3) is 0.143. The van der Waals surface area contributed by atoms with Crippen LogP contribution in [0.15, 0.2) is 65.6 Å². The molecule has 30 heavy (non-hydrogen) atoms. The average Bonchev–Trinajstić information content (AvgIpc) is 2.68. The van der Waals surface area contributed by atoms with Crippen LogP contribution in [0.5, 0.6) is 0 Å². The second-order valence-electron chi connectivity index (χ2n) is 6.68. The van der Waals surface area contributed by atoms with Gasteiger partial charge in [-0.15, -0.1) is 12.4 Å². The third-order valence-corrected chi connectivity index (χ3v) is 6.43. The van der Waals surface area contributed by atoms with Crippen molar-refractivity contribution in [3.05, 3.63) is 87.7 Å². The molecule has 0 aliphatic heterocycles. The third kappa shape index (κ3) is 5.32. The van der Waals surface area contributed by atoms with Gasteiger partial charge in [-0.2, -0.15) is 0 Å². The molecule has 3 aromatic rings. The molecule has 0 radical (unpaired) electrons. The van der Waals surface area contributed by atoms with Crippen molar-refractivity contribution in [2.45, 2.75) is 17.0 Å². The number of rotatable bonds is 5. The predicted molar refractivity (Wildman–Crippen MR) is 121 cm³/mol. The van der Waals surface area contributed by atoms with Gasteiger partial charge in [0.15, 0.2) is 9.84 Å². The lowest BCUT2D eigenvalue weighted by atomic mass is 9.94. The quantitative estimate of drug-likeness (QED) is 0.505. The first kappa shape index (κ1) is 24.6. The maximum atomic E-state index is 14.8. The Hall–Kier alpha value is -1.67. The van der Waals surface area contributed by atoms with Gasteiger partial charge in [0.2, 0.25) is 0 Å². The zero-order chi connectivity index (χ0) is 21.3. The van der Waals surface area contributed by atoms with Gasteiger partial charge in [-0.1, -0.05) is 53.5 Å². The van der Waals surface area contributed by atoms with Crippen LogP contribution in [-0.4, -0.2) is 19.8 Å². The van der Waals surface area contributed by atoms with E-state index in [4.69, 9.17) is 28.9 Å². The highest BCUT2D eigenvalue weighted by atomic mass is 35.5. The van der Waals surface area contributed by atoms with Crippen LogP contribution >= 0.6 is 35.6 Å². The molecule has 0 saturated heterocycles. The minimum absolute atomic E-state index is 0. The second kappa shape index (κ2) is 9.64. The Balaban J connectivity index is 0.00000320. The molecule has 3 aromatic carbocycles. The van der Waals surface area contributed by atoms with E-state index < -0.39 is 27.8 Å². The Bertz CT molecular complexity index is 1170. The molecule has 0 heterocycles. The monoisotopic (exact) mass is 489 g/mol. The van der Waals surface area contributed by atoms with Gasteiger partial charge in [0, 0.05) is 11.8 Å². The third-order valence-electron chi connectivity index (χ3n) is 4.58. The van der Waals surface area contributed by atoms with Gasteiger partial charge in [0.1, 0.15) is 11.9 Å². The molecule has 4 nitrogen and oxygen atoms in total. The molecule has 0 unspecified atom stereocenters. The molecule has 0 aliphatic carbocycles. The van der Waals surface area contributed by atoms with E-state index in [1.807, 2.05) is 0 Å². The van der Waals surface area contributed by atoms with E-state index in [-0.39, 0.29) is 27.9 Å². The van der Waals surface area contributed by atoms with Gasteiger partial charge in [0.05, 0.1) is 21.0 Å². The normalized spacial score (nSPS) is 13.4. The Labute approximate surface area is 190 Å². The van der Waals surface area contributed by atoms with Gasteiger partial charge in [-0.25, -0.2) is 12.8 Å². The van der Waals surface area contributed by atoms with Gasteiger partial charge in [-0.3, -0.25) is 0 Å². The number of halogens is 4. The van der Waals surface area contributed by atoms with Crippen LogP contribution in [0.2, 0.25) is 10.0 Å². The molecule has 0 aliphatic rings. The molecule has 2 atom stereocenters. The van der Waals surface area contributed by atoms with Crippen LogP contribution in [0.1, 0.15) is 23.3 Å². The SMILES string of the molecule is CS(=O)(=O)c1cccc(-c2ccc([C@H](O)[C@H](N)c3ccc(Cl)c(Cl)c3)c(F)c2)c1.Cl. The number of sulfone groups is 1. The van der Waals surface area contributed by atoms with Crippen molar-refractivity contribution in [3.8, 4) is 11.1 Å². The number of aliphatic hydroxyl groups is 1. The minimum atomic E-state index is -3.38. The van der Waals surface area contributed by atoms with E-state index >= 15 is 0 Å². The molecule has 0 bridgehead atoms. The van der Waals surface area contributed by atoms with Crippen molar-refractivity contribution in [2.75, 3.05) is 6.26 Å². The first-order valence-corrected chi connectivity index (χ1v) is 11.2. The van der Waals surface area contributed by atoms with E-state index in [0.29, 0.717) is 21.7 Å². The molecular formula is C21H19Cl3FNO3S. The molecule has 160 valence electrons. The molecule has 3 N–H and O–H groups in total. The summed E-state index contributed by atoms with van der Waals surface area (Å²) in [6, 6.07) is 14.3.